The third kappa shape index (κ3) is 3.14. The van der Waals surface area contributed by atoms with E-state index in [4.69, 9.17) is 0 Å². The number of benzene rings is 1. The summed E-state index contributed by atoms with van der Waals surface area (Å²) in [4.78, 5) is 13.0. The van der Waals surface area contributed by atoms with Crippen molar-refractivity contribution in [1.82, 2.24) is 4.90 Å². The third-order valence-corrected chi connectivity index (χ3v) is 3.85. The summed E-state index contributed by atoms with van der Waals surface area (Å²) in [7, 11) is 0. The van der Waals surface area contributed by atoms with Gasteiger partial charge in [-0.25, -0.2) is 0 Å². The molecule has 1 aliphatic heterocycles. The number of likely N-dealkylation sites (tertiary alicyclic amines) is 1. The van der Waals surface area contributed by atoms with E-state index in [2.05, 4.69) is 0 Å². The first kappa shape index (κ1) is 14.9. The second-order valence-corrected chi connectivity index (χ2v) is 5.21. The van der Waals surface area contributed by atoms with E-state index >= 15 is 0 Å². The quantitative estimate of drug-likeness (QED) is 0.810. The van der Waals surface area contributed by atoms with Crippen LogP contribution in [0.3, 0.4) is 0 Å². The maximum Gasteiger partial charge on any atom is 0.397 e. The van der Waals surface area contributed by atoms with Crippen LogP contribution in [-0.4, -0.2) is 29.6 Å². The summed E-state index contributed by atoms with van der Waals surface area (Å²) in [6.07, 6.45) is -2.45. The van der Waals surface area contributed by atoms with Crippen molar-refractivity contribution in [3.63, 3.8) is 0 Å². The van der Waals surface area contributed by atoms with Crippen molar-refractivity contribution in [3.05, 3.63) is 35.9 Å². The molecule has 20 heavy (non-hydrogen) atoms. The van der Waals surface area contributed by atoms with Crippen LogP contribution in [0.2, 0.25) is 0 Å². The Bertz CT molecular complexity index is 458. The minimum atomic E-state index is -4.35. The maximum absolute atomic E-state index is 13.5. The van der Waals surface area contributed by atoms with Crippen LogP contribution in [0.5, 0.6) is 0 Å². The molecular weight excluding hydrogens is 267 g/mol. The van der Waals surface area contributed by atoms with Crippen molar-refractivity contribution < 1.29 is 18.0 Å². The summed E-state index contributed by atoms with van der Waals surface area (Å²) >= 11 is 0. The van der Waals surface area contributed by atoms with Crippen molar-refractivity contribution in [2.45, 2.75) is 44.3 Å². The predicted octanol–water partition coefficient (Wildman–Crippen LogP) is 3.73. The van der Waals surface area contributed by atoms with Crippen LogP contribution in [0.25, 0.3) is 0 Å². The van der Waals surface area contributed by atoms with Gasteiger partial charge < -0.3 is 4.90 Å². The van der Waals surface area contributed by atoms with Crippen LogP contribution in [0.15, 0.2) is 30.3 Å². The van der Waals surface area contributed by atoms with Crippen LogP contribution < -0.4 is 0 Å². The fraction of sp³-hybridized carbons (Fsp3) is 0.533. The molecule has 1 saturated heterocycles. The number of carbonyl (C=O) groups excluding carboxylic acids is 1. The Morgan fingerprint density at radius 2 is 1.90 bits per heavy atom. The molecule has 0 spiro atoms. The molecular formula is C15H18F3NO. The van der Waals surface area contributed by atoms with E-state index in [1.165, 1.54) is 24.0 Å². The lowest BCUT2D eigenvalue weighted by molar-refractivity contribution is -0.171. The van der Waals surface area contributed by atoms with Gasteiger partial charge in [0.05, 0.1) is 0 Å². The number of halogens is 3. The summed E-state index contributed by atoms with van der Waals surface area (Å²) in [5.74, 6) is -1.88. The summed E-state index contributed by atoms with van der Waals surface area (Å²) in [5, 5.41) is 0. The maximum atomic E-state index is 13.5. The molecule has 110 valence electrons. The SMILES string of the molecule is CC(=O)N1CCCCC1C(c1ccccc1)C(F)(F)F. The van der Waals surface area contributed by atoms with Gasteiger partial charge in [0.2, 0.25) is 5.91 Å². The summed E-state index contributed by atoms with van der Waals surface area (Å²) < 4.78 is 40.5. The van der Waals surface area contributed by atoms with Crippen LogP contribution in [0.4, 0.5) is 13.2 Å². The second-order valence-electron chi connectivity index (χ2n) is 5.21. The normalized spacial score (nSPS) is 21.6. The number of amides is 1. The highest BCUT2D eigenvalue weighted by atomic mass is 19.4. The van der Waals surface area contributed by atoms with Crippen molar-refractivity contribution in [1.29, 1.82) is 0 Å². The van der Waals surface area contributed by atoms with Gasteiger partial charge in [0.1, 0.15) is 5.92 Å². The molecule has 2 nitrogen and oxygen atoms in total. The van der Waals surface area contributed by atoms with Crippen molar-refractivity contribution in [2.75, 3.05) is 6.54 Å². The summed E-state index contributed by atoms with van der Waals surface area (Å²) in [6.45, 7) is 1.76. The van der Waals surface area contributed by atoms with E-state index in [9.17, 15) is 18.0 Å². The van der Waals surface area contributed by atoms with Crippen molar-refractivity contribution in [3.8, 4) is 0 Å². The molecule has 0 saturated carbocycles. The first-order valence-corrected chi connectivity index (χ1v) is 6.80. The molecule has 5 heteroatoms. The van der Waals surface area contributed by atoms with E-state index in [1.54, 1.807) is 18.2 Å². The minimum absolute atomic E-state index is 0.234. The molecule has 1 aromatic carbocycles. The van der Waals surface area contributed by atoms with Crippen LogP contribution in [0, 0.1) is 0 Å². The predicted molar refractivity (Wildman–Crippen MR) is 70.3 cm³/mol. The highest BCUT2D eigenvalue weighted by Gasteiger charge is 2.48. The molecule has 0 N–H and O–H groups in total. The van der Waals surface area contributed by atoms with E-state index in [0.717, 1.165) is 12.8 Å². The van der Waals surface area contributed by atoms with E-state index in [-0.39, 0.29) is 11.5 Å². The molecule has 2 rings (SSSR count). The van der Waals surface area contributed by atoms with Gasteiger partial charge in [-0.15, -0.1) is 0 Å². The topological polar surface area (TPSA) is 20.3 Å². The van der Waals surface area contributed by atoms with Crippen molar-refractivity contribution in [2.24, 2.45) is 0 Å². The fourth-order valence-corrected chi connectivity index (χ4v) is 2.98. The molecule has 1 fully saturated rings. The molecule has 1 aliphatic rings. The Labute approximate surface area is 116 Å². The average molecular weight is 285 g/mol. The number of nitrogens with zero attached hydrogens (tertiary/aromatic N) is 1. The molecule has 1 heterocycles. The van der Waals surface area contributed by atoms with Gasteiger partial charge in [0.15, 0.2) is 0 Å². The van der Waals surface area contributed by atoms with Gasteiger partial charge in [0.25, 0.3) is 0 Å². The number of piperidine rings is 1. The lowest BCUT2D eigenvalue weighted by Gasteiger charge is -2.40. The fourth-order valence-electron chi connectivity index (χ4n) is 2.98. The third-order valence-electron chi connectivity index (χ3n) is 3.85. The Morgan fingerprint density at radius 3 is 2.45 bits per heavy atom. The molecule has 1 aromatic rings. The van der Waals surface area contributed by atoms with Crippen LogP contribution in [0.1, 0.15) is 37.7 Å². The molecule has 1 amide bonds. The van der Waals surface area contributed by atoms with Gasteiger partial charge in [-0.2, -0.15) is 13.2 Å². The van der Waals surface area contributed by atoms with Crippen molar-refractivity contribution >= 4 is 5.91 Å². The smallest absolute Gasteiger partial charge is 0.339 e. The standard InChI is InChI=1S/C15H18F3NO/c1-11(20)19-10-6-5-9-13(19)14(15(16,17)18)12-7-3-2-4-8-12/h2-4,7-8,13-14H,5-6,9-10H2,1H3. The highest BCUT2D eigenvalue weighted by molar-refractivity contribution is 5.73. The molecule has 0 radical (unpaired) electrons. The highest BCUT2D eigenvalue weighted by Crippen LogP contribution is 2.42. The van der Waals surface area contributed by atoms with E-state index in [0.29, 0.717) is 13.0 Å². The molecule has 0 aromatic heterocycles. The van der Waals surface area contributed by atoms with Crippen LogP contribution >= 0.6 is 0 Å². The van der Waals surface area contributed by atoms with E-state index in [1.807, 2.05) is 0 Å². The summed E-state index contributed by atoms with van der Waals surface area (Å²) in [6, 6.07) is 7.10. The minimum Gasteiger partial charge on any atom is -0.339 e. The van der Waals surface area contributed by atoms with Gasteiger partial charge in [-0.3, -0.25) is 4.79 Å². The molecule has 0 bridgehead atoms. The van der Waals surface area contributed by atoms with Gasteiger partial charge >= 0.3 is 6.18 Å². The zero-order chi connectivity index (χ0) is 14.8. The van der Waals surface area contributed by atoms with Gasteiger partial charge in [0, 0.05) is 19.5 Å². The largest absolute Gasteiger partial charge is 0.397 e. The number of hydrogen-bond acceptors (Lipinski definition) is 1. The lowest BCUT2D eigenvalue weighted by atomic mass is 9.84. The number of carbonyl (C=O) groups is 1. The average Bonchev–Trinajstić information content (AvgIpc) is 2.39. The van der Waals surface area contributed by atoms with Gasteiger partial charge in [-0.05, 0) is 24.8 Å². The number of rotatable bonds is 2. The molecule has 2 unspecified atom stereocenters. The first-order chi connectivity index (χ1) is 9.41. The van der Waals surface area contributed by atoms with E-state index < -0.39 is 18.1 Å². The Morgan fingerprint density at radius 1 is 1.25 bits per heavy atom. The number of hydrogen-bond donors (Lipinski definition) is 0. The first-order valence-electron chi connectivity index (χ1n) is 6.80. The molecule has 2 atom stereocenters. The Kier molecular flexibility index (Phi) is 4.35. The lowest BCUT2D eigenvalue weighted by Crippen LogP contribution is -2.49. The second kappa shape index (κ2) is 5.85. The van der Waals surface area contributed by atoms with Gasteiger partial charge in [-0.1, -0.05) is 30.3 Å². The Balaban J connectivity index is 2.38. The summed E-state index contributed by atoms with van der Waals surface area (Å²) in [5.41, 5.74) is 0.234. The zero-order valence-electron chi connectivity index (χ0n) is 11.4. The zero-order valence-corrected chi connectivity index (χ0v) is 11.4. The molecule has 0 aliphatic carbocycles. The Hall–Kier alpha value is -1.52. The monoisotopic (exact) mass is 285 g/mol. The van der Waals surface area contributed by atoms with Crippen LogP contribution in [-0.2, 0) is 4.79 Å². The number of alkyl halides is 3.